The molecule has 0 spiro atoms. The van der Waals surface area contributed by atoms with Crippen LogP contribution in [0.25, 0.3) is 11.1 Å². The number of carbonyl (C=O) groups is 3. The maximum Gasteiger partial charge on any atom is 0.343 e. The first-order valence-corrected chi connectivity index (χ1v) is 13.3. The predicted molar refractivity (Wildman–Crippen MR) is 151 cm³/mol. The first-order valence-electron chi connectivity index (χ1n) is 13.3. The van der Waals surface area contributed by atoms with E-state index in [4.69, 9.17) is 20.6 Å². The number of rotatable bonds is 14. The minimum Gasteiger partial charge on any atom is -0.494 e. The van der Waals surface area contributed by atoms with Gasteiger partial charge in [0.2, 0.25) is 5.78 Å². The molecule has 0 saturated heterocycles. The third kappa shape index (κ3) is 8.86. The van der Waals surface area contributed by atoms with E-state index < -0.39 is 23.8 Å². The van der Waals surface area contributed by atoms with Crippen molar-refractivity contribution in [3.63, 3.8) is 0 Å². The lowest BCUT2D eigenvalue weighted by atomic mass is 10.0. The topological polar surface area (TPSA) is 78.9 Å². The van der Waals surface area contributed by atoms with Crippen LogP contribution in [-0.4, -0.2) is 30.4 Å². The number of ether oxygens (including phenoxy) is 3. The summed E-state index contributed by atoms with van der Waals surface area (Å²) in [4.78, 5) is 36.8. The second-order valence-corrected chi connectivity index (χ2v) is 9.12. The standard InChI is InChI=1S/C33H34O6/c1-4-7-8-9-23-37-28-19-15-25(16-20-28)24-11-13-26(14-12-24)32(35)38-29-21-17-27(18-22-29)33(36)39-31(10-5-2)30(34)6-3/h3,11-22,31H,4-5,7-10,23H2,1-2H3. The highest BCUT2D eigenvalue weighted by Gasteiger charge is 2.21. The fourth-order valence-electron chi connectivity index (χ4n) is 3.88. The lowest BCUT2D eigenvalue weighted by Gasteiger charge is -2.13. The average Bonchev–Trinajstić information content (AvgIpc) is 2.97. The Balaban J connectivity index is 1.54. The molecule has 0 aromatic heterocycles. The van der Waals surface area contributed by atoms with E-state index in [2.05, 4.69) is 6.92 Å². The molecule has 39 heavy (non-hydrogen) atoms. The Kier molecular flexibility index (Phi) is 11.3. The van der Waals surface area contributed by atoms with Crippen molar-refractivity contribution in [3.8, 4) is 35.0 Å². The van der Waals surface area contributed by atoms with Crippen molar-refractivity contribution in [2.45, 2.75) is 58.5 Å². The largest absolute Gasteiger partial charge is 0.494 e. The summed E-state index contributed by atoms with van der Waals surface area (Å²) >= 11 is 0. The van der Waals surface area contributed by atoms with Crippen molar-refractivity contribution < 1.29 is 28.6 Å². The molecule has 0 radical (unpaired) electrons. The van der Waals surface area contributed by atoms with Crippen LogP contribution in [-0.2, 0) is 9.53 Å². The number of ketones is 1. The minimum absolute atomic E-state index is 0.220. The van der Waals surface area contributed by atoms with Gasteiger partial charge in [-0.05, 0) is 78.4 Å². The molecule has 0 saturated carbocycles. The van der Waals surface area contributed by atoms with Crippen LogP contribution >= 0.6 is 0 Å². The van der Waals surface area contributed by atoms with E-state index in [-0.39, 0.29) is 11.3 Å². The third-order valence-corrected chi connectivity index (χ3v) is 6.11. The summed E-state index contributed by atoms with van der Waals surface area (Å²) in [5.41, 5.74) is 2.59. The quantitative estimate of drug-likeness (QED) is 0.0736. The van der Waals surface area contributed by atoms with Crippen LogP contribution in [0.2, 0.25) is 0 Å². The Hall–Kier alpha value is -4.37. The van der Waals surface area contributed by atoms with Gasteiger partial charge >= 0.3 is 11.9 Å². The van der Waals surface area contributed by atoms with E-state index >= 15 is 0 Å². The lowest BCUT2D eigenvalue weighted by Crippen LogP contribution is -2.26. The number of unbranched alkanes of at least 4 members (excludes halogenated alkanes) is 3. The van der Waals surface area contributed by atoms with Gasteiger partial charge in [0.15, 0.2) is 6.10 Å². The molecule has 3 rings (SSSR count). The molecule has 0 aliphatic rings. The summed E-state index contributed by atoms with van der Waals surface area (Å²) in [6.45, 7) is 4.77. The van der Waals surface area contributed by atoms with Gasteiger partial charge in [-0.3, -0.25) is 4.79 Å². The van der Waals surface area contributed by atoms with Gasteiger partial charge in [0.05, 0.1) is 17.7 Å². The Bertz CT molecular complexity index is 1270. The maximum absolute atomic E-state index is 12.6. The average molecular weight is 527 g/mol. The molecular weight excluding hydrogens is 492 g/mol. The van der Waals surface area contributed by atoms with E-state index in [0.29, 0.717) is 18.4 Å². The van der Waals surface area contributed by atoms with E-state index in [1.165, 1.54) is 43.5 Å². The van der Waals surface area contributed by atoms with E-state index in [1.807, 2.05) is 49.2 Å². The second-order valence-electron chi connectivity index (χ2n) is 9.12. The summed E-state index contributed by atoms with van der Waals surface area (Å²) in [6, 6.07) is 21.0. The highest BCUT2D eigenvalue weighted by Crippen LogP contribution is 2.24. The maximum atomic E-state index is 12.6. The molecule has 0 amide bonds. The van der Waals surface area contributed by atoms with Gasteiger partial charge in [0.1, 0.15) is 11.5 Å². The van der Waals surface area contributed by atoms with Crippen LogP contribution in [0, 0.1) is 12.3 Å². The van der Waals surface area contributed by atoms with Crippen molar-refractivity contribution in [2.75, 3.05) is 6.61 Å². The summed E-state index contributed by atoms with van der Waals surface area (Å²) in [7, 11) is 0. The molecule has 1 atom stereocenters. The van der Waals surface area contributed by atoms with E-state index in [0.717, 1.165) is 29.9 Å². The van der Waals surface area contributed by atoms with Crippen LogP contribution < -0.4 is 9.47 Å². The number of carbonyl (C=O) groups excluding carboxylic acids is 3. The number of terminal acetylenes is 1. The molecule has 1 unspecified atom stereocenters. The Morgan fingerprint density at radius 2 is 1.28 bits per heavy atom. The van der Waals surface area contributed by atoms with Crippen LogP contribution in [0.5, 0.6) is 11.5 Å². The molecule has 202 valence electrons. The fourth-order valence-corrected chi connectivity index (χ4v) is 3.88. The molecule has 0 fully saturated rings. The van der Waals surface area contributed by atoms with Crippen LogP contribution in [0.15, 0.2) is 72.8 Å². The monoisotopic (exact) mass is 526 g/mol. The lowest BCUT2D eigenvalue weighted by molar-refractivity contribution is -0.122. The molecule has 0 heterocycles. The van der Waals surface area contributed by atoms with Crippen LogP contribution in [0.1, 0.15) is 73.1 Å². The predicted octanol–water partition coefficient (Wildman–Crippen LogP) is 7.06. The van der Waals surface area contributed by atoms with Crippen molar-refractivity contribution in [1.82, 2.24) is 0 Å². The molecule has 6 heteroatoms. The van der Waals surface area contributed by atoms with Crippen LogP contribution in [0.4, 0.5) is 0 Å². The summed E-state index contributed by atoms with van der Waals surface area (Å²) in [5, 5.41) is 0. The van der Waals surface area contributed by atoms with E-state index in [1.54, 1.807) is 12.1 Å². The molecule has 6 nitrogen and oxygen atoms in total. The molecule has 0 bridgehead atoms. The normalized spacial score (nSPS) is 11.2. The fraction of sp³-hybridized carbons (Fsp3) is 0.303. The van der Waals surface area contributed by atoms with Crippen molar-refractivity contribution in [2.24, 2.45) is 0 Å². The molecule has 0 aliphatic heterocycles. The zero-order valence-electron chi connectivity index (χ0n) is 22.5. The molecule has 3 aromatic carbocycles. The van der Waals surface area contributed by atoms with Gasteiger partial charge in [-0.1, -0.05) is 63.8 Å². The van der Waals surface area contributed by atoms with Gasteiger partial charge < -0.3 is 14.2 Å². The van der Waals surface area contributed by atoms with Crippen LogP contribution in [0.3, 0.4) is 0 Å². The molecule has 0 aliphatic carbocycles. The van der Waals surface area contributed by atoms with Crippen molar-refractivity contribution in [3.05, 3.63) is 83.9 Å². The minimum atomic E-state index is -0.973. The molecule has 0 N–H and O–H groups in total. The van der Waals surface area contributed by atoms with Crippen molar-refractivity contribution in [1.29, 1.82) is 0 Å². The summed E-state index contributed by atoms with van der Waals surface area (Å²) < 4.78 is 16.5. The van der Waals surface area contributed by atoms with Gasteiger partial charge in [-0.15, -0.1) is 6.42 Å². The summed E-state index contributed by atoms with van der Waals surface area (Å²) in [6.07, 6.45) is 9.84. The third-order valence-electron chi connectivity index (χ3n) is 6.11. The van der Waals surface area contributed by atoms with Gasteiger partial charge in [0, 0.05) is 0 Å². The van der Waals surface area contributed by atoms with Crippen molar-refractivity contribution >= 4 is 17.7 Å². The first-order chi connectivity index (χ1) is 18.9. The molecular formula is C33H34O6. The molecule has 3 aromatic rings. The summed E-state index contributed by atoms with van der Waals surface area (Å²) in [5.74, 6) is 1.36. The van der Waals surface area contributed by atoms with Gasteiger partial charge in [-0.2, -0.15) is 0 Å². The highest BCUT2D eigenvalue weighted by atomic mass is 16.5. The SMILES string of the molecule is C#CC(=O)C(CCC)OC(=O)c1ccc(OC(=O)c2ccc(-c3ccc(OCCCCCC)cc3)cc2)cc1. The van der Waals surface area contributed by atoms with Gasteiger partial charge in [-0.25, -0.2) is 9.59 Å². The second kappa shape index (κ2) is 15.1. The zero-order valence-corrected chi connectivity index (χ0v) is 22.5. The number of Topliss-reactive ketones (excluding diaryl/α,β-unsaturated/α-hetero) is 1. The Labute approximate surface area is 230 Å². The number of esters is 2. The Morgan fingerprint density at radius 3 is 1.87 bits per heavy atom. The highest BCUT2D eigenvalue weighted by molar-refractivity contribution is 6.00. The number of benzene rings is 3. The number of hydrogen-bond donors (Lipinski definition) is 0. The first kappa shape index (κ1) is 29.2. The zero-order chi connectivity index (χ0) is 28.0. The van der Waals surface area contributed by atoms with Gasteiger partial charge in [0.25, 0.3) is 0 Å². The Morgan fingerprint density at radius 1 is 0.718 bits per heavy atom. The van der Waals surface area contributed by atoms with E-state index in [9.17, 15) is 14.4 Å². The smallest absolute Gasteiger partial charge is 0.343 e. The number of hydrogen-bond acceptors (Lipinski definition) is 6.